The van der Waals surface area contributed by atoms with E-state index < -0.39 is 0 Å². The summed E-state index contributed by atoms with van der Waals surface area (Å²) in [5.74, 6) is 0.926. The average molecular weight is 575 g/mol. The molecule has 0 amide bonds. The second kappa shape index (κ2) is 11.5. The molecule has 0 saturated heterocycles. The number of esters is 1. The number of carbonyl (C=O) groups excluding carboxylic acids is 1. The number of hydrogen-bond donors (Lipinski definition) is 0. The number of fused-ring (bicyclic) bond motifs is 1. The highest BCUT2D eigenvalue weighted by molar-refractivity contribution is 5.91. The van der Waals surface area contributed by atoms with E-state index in [1.54, 1.807) is 10.9 Å². The van der Waals surface area contributed by atoms with Gasteiger partial charge in [-0.25, -0.2) is 9.48 Å². The van der Waals surface area contributed by atoms with Gasteiger partial charge in [0, 0.05) is 50.3 Å². The van der Waals surface area contributed by atoms with Crippen LogP contribution in [0.25, 0.3) is 16.8 Å². The van der Waals surface area contributed by atoms with Crippen molar-refractivity contribution in [3.63, 3.8) is 0 Å². The summed E-state index contributed by atoms with van der Waals surface area (Å²) in [5.41, 5.74) is 7.89. The smallest absolute Gasteiger partial charge is 0.341 e. The van der Waals surface area contributed by atoms with Crippen LogP contribution in [0.15, 0.2) is 85.2 Å². The van der Waals surface area contributed by atoms with Gasteiger partial charge in [0.2, 0.25) is 0 Å². The molecule has 5 aromatic rings. The van der Waals surface area contributed by atoms with Gasteiger partial charge in [-0.1, -0.05) is 53.7 Å². The Balaban J connectivity index is 1.17. The van der Waals surface area contributed by atoms with Crippen molar-refractivity contribution in [1.82, 2.24) is 29.7 Å². The lowest BCUT2D eigenvalue weighted by Gasteiger charge is -2.20. The second-order valence-electron chi connectivity index (χ2n) is 11.3. The predicted molar refractivity (Wildman–Crippen MR) is 162 cm³/mol. The molecule has 0 radical (unpaired) electrons. The molecule has 2 aliphatic rings. The zero-order valence-corrected chi connectivity index (χ0v) is 24.4. The second-order valence-corrected chi connectivity index (χ2v) is 11.3. The molecule has 3 heterocycles. The van der Waals surface area contributed by atoms with E-state index in [1.165, 1.54) is 11.1 Å². The largest absolute Gasteiger partial charge is 0.492 e. The minimum absolute atomic E-state index is 0.105. The lowest BCUT2D eigenvalue weighted by molar-refractivity contribution is 0.0525. The number of rotatable bonds is 8. The fourth-order valence-corrected chi connectivity index (χ4v) is 6.09. The number of aryl methyl sites for hydroxylation is 1. The molecule has 7 rings (SSSR count). The van der Waals surface area contributed by atoms with Gasteiger partial charge in [0.05, 0.1) is 29.9 Å². The van der Waals surface area contributed by atoms with Crippen molar-refractivity contribution < 1.29 is 14.3 Å². The zero-order chi connectivity index (χ0) is 29.3. The van der Waals surface area contributed by atoms with Crippen LogP contribution in [0.4, 0.5) is 0 Å². The topological polar surface area (TPSA) is 87.3 Å². The minimum Gasteiger partial charge on any atom is -0.492 e. The molecule has 0 N–H and O–H groups in total. The first-order chi connectivity index (χ1) is 21.1. The monoisotopic (exact) mass is 574 g/mol. The van der Waals surface area contributed by atoms with Gasteiger partial charge in [-0.2, -0.15) is 5.10 Å². The SMILES string of the molecule is CCOC(=O)c1cnn(-c2cccc(-c3cccc(CN4CCOc5ccccc5C4)c3)c2)c1[C@@H]1C[C@H]1c1cn(C)nn1. The molecule has 43 heavy (non-hydrogen) atoms. The number of para-hydroxylation sites is 1. The van der Waals surface area contributed by atoms with E-state index in [4.69, 9.17) is 14.6 Å². The molecular formula is C34H34N6O3. The van der Waals surface area contributed by atoms with Gasteiger partial charge in [-0.05, 0) is 54.3 Å². The summed E-state index contributed by atoms with van der Waals surface area (Å²) in [6, 6.07) is 25.3. The lowest BCUT2D eigenvalue weighted by Crippen LogP contribution is -2.25. The Morgan fingerprint density at radius 1 is 1.02 bits per heavy atom. The zero-order valence-electron chi connectivity index (χ0n) is 24.4. The molecule has 0 bridgehead atoms. The Bertz CT molecular complexity index is 1780. The van der Waals surface area contributed by atoms with Crippen molar-refractivity contribution in [3.05, 3.63) is 113 Å². The van der Waals surface area contributed by atoms with Gasteiger partial charge in [0.1, 0.15) is 17.9 Å². The van der Waals surface area contributed by atoms with Gasteiger partial charge < -0.3 is 9.47 Å². The van der Waals surface area contributed by atoms with E-state index >= 15 is 0 Å². The Hall–Kier alpha value is -4.76. The van der Waals surface area contributed by atoms with Crippen LogP contribution < -0.4 is 4.74 Å². The molecule has 0 unspecified atom stereocenters. The quantitative estimate of drug-likeness (QED) is 0.226. The van der Waals surface area contributed by atoms with Crippen molar-refractivity contribution in [1.29, 1.82) is 0 Å². The van der Waals surface area contributed by atoms with E-state index in [0.717, 1.165) is 60.0 Å². The molecule has 0 spiro atoms. The molecule has 1 fully saturated rings. The lowest BCUT2D eigenvalue weighted by atomic mass is 10.0. The van der Waals surface area contributed by atoms with E-state index in [1.807, 2.05) is 49.1 Å². The first kappa shape index (κ1) is 27.1. The third-order valence-electron chi connectivity index (χ3n) is 8.23. The Kier molecular flexibility index (Phi) is 7.24. The number of hydrogen-bond acceptors (Lipinski definition) is 7. The number of benzene rings is 3. The van der Waals surface area contributed by atoms with E-state index in [0.29, 0.717) is 18.8 Å². The fraction of sp³-hybridized carbons (Fsp3) is 0.294. The maximum Gasteiger partial charge on any atom is 0.341 e. The van der Waals surface area contributed by atoms with Crippen LogP contribution in [-0.2, 0) is 24.9 Å². The van der Waals surface area contributed by atoms with Crippen molar-refractivity contribution in [2.75, 3.05) is 19.8 Å². The fourth-order valence-electron chi connectivity index (χ4n) is 6.09. The van der Waals surface area contributed by atoms with Gasteiger partial charge in [-0.15, -0.1) is 5.10 Å². The van der Waals surface area contributed by atoms with Crippen molar-refractivity contribution in [2.24, 2.45) is 7.05 Å². The number of carbonyl (C=O) groups is 1. The first-order valence-corrected chi connectivity index (χ1v) is 14.8. The molecule has 1 saturated carbocycles. The average Bonchev–Trinajstić information content (AvgIpc) is 3.56. The molecule has 9 heteroatoms. The molecule has 1 aliphatic heterocycles. The van der Waals surface area contributed by atoms with Crippen molar-refractivity contribution in [3.8, 4) is 22.6 Å². The predicted octanol–water partition coefficient (Wildman–Crippen LogP) is 5.51. The summed E-state index contributed by atoms with van der Waals surface area (Å²) in [5, 5.41) is 13.1. The highest BCUT2D eigenvalue weighted by Crippen LogP contribution is 2.55. The minimum atomic E-state index is -0.348. The molecular weight excluding hydrogens is 540 g/mol. The van der Waals surface area contributed by atoms with Gasteiger partial charge >= 0.3 is 5.97 Å². The maximum absolute atomic E-state index is 12.9. The Morgan fingerprint density at radius 3 is 2.70 bits per heavy atom. The van der Waals surface area contributed by atoms with Crippen LogP contribution in [0.5, 0.6) is 5.75 Å². The number of aromatic nitrogens is 5. The summed E-state index contributed by atoms with van der Waals surface area (Å²) in [6.45, 7) is 5.37. The molecule has 2 atom stereocenters. The van der Waals surface area contributed by atoms with Crippen LogP contribution in [-0.4, -0.2) is 55.4 Å². The Labute approximate surface area is 250 Å². The molecule has 3 aromatic carbocycles. The number of nitrogens with zero attached hydrogens (tertiary/aromatic N) is 6. The van der Waals surface area contributed by atoms with Gasteiger partial charge in [0.25, 0.3) is 0 Å². The Morgan fingerprint density at radius 2 is 1.86 bits per heavy atom. The summed E-state index contributed by atoms with van der Waals surface area (Å²) in [6.07, 6.45) is 4.46. The molecule has 2 aromatic heterocycles. The van der Waals surface area contributed by atoms with Crippen LogP contribution in [0.1, 0.15) is 58.1 Å². The summed E-state index contributed by atoms with van der Waals surface area (Å²) >= 11 is 0. The van der Waals surface area contributed by atoms with Gasteiger partial charge in [0.15, 0.2) is 0 Å². The number of ether oxygens (including phenoxy) is 2. The van der Waals surface area contributed by atoms with Crippen molar-refractivity contribution in [2.45, 2.75) is 38.3 Å². The molecule has 9 nitrogen and oxygen atoms in total. The summed E-state index contributed by atoms with van der Waals surface area (Å²) in [4.78, 5) is 15.4. The first-order valence-electron chi connectivity index (χ1n) is 14.8. The maximum atomic E-state index is 12.9. The van der Waals surface area contributed by atoms with Crippen LogP contribution in [0.3, 0.4) is 0 Å². The van der Waals surface area contributed by atoms with E-state index in [2.05, 4.69) is 63.7 Å². The van der Waals surface area contributed by atoms with E-state index in [9.17, 15) is 4.79 Å². The third-order valence-corrected chi connectivity index (χ3v) is 8.23. The van der Waals surface area contributed by atoms with Crippen LogP contribution in [0, 0.1) is 0 Å². The van der Waals surface area contributed by atoms with Crippen molar-refractivity contribution >= 4 is 5.97 Å². The normalized spacial score (nSPS) is 18.0. The van der Waals surface area contributed by atoms with E-state index in [-0.39, 0.29) is 17.8 Å². The third kappa shape index (κ3) is 5.56. The standard InChI is InChI=1S/C34H34N6O3/c1-3-42-34(41)30-19-35-40(33(30)29-18-28(29)31-22-38(2)37-36-31)27-12-7-11-25(17-27)24-10-6-8-23(16-24)20-39-14-15-43-32-13-5-4-9-26(32)21-39/h4-13,16-17,19,22,28-29H,3,14-15,18,20-21H2,1-2H3/t28-,29-/m1/s1. The highest BCUT2D eigenvalue weighted by atomic mass is 16.5. The summed E-state index contributed by atoms with van der Waals surface area (Å²) in [7, 11) is 1.87. The van der Waals surface area contributed by atoms with Crippen LogP contribution >= 0.6 is 0 Å². The molecule has 1 aliphatic carbocycles. The molecule has 218 valence electrons. The highest BCUT2D eigenvalue weighted by Gasteiger charge is 2.46. The van der Waals surface area contributed by atoms with Crippen LogP contribution in [0.2, 0.25) is 0 Å². The van der Waals surface area contributed by atoms with Gasteiger partial charge in [-0.3, -0.25) is 9.58 Å². The summed E-state index contributed by atoms with van der Waals surface area (Å²) < 4.78 is 15.0.